The van der Waals surface area contributed by atoms with E-state index in [1.165, 1.54) is 0 Å². The van der Waals surface area contributed by atoms with Crippen molar-refractivity contribution in [3.05, 3.63) is 28.2 Å². The Kier molecular flexibility index (Phi) is 6.31. The van der Waals surface area contributed by atoms with E-state index < -0.39 is 6.10 Å². The highest BCUT2D eigenvalue weighted by molar-refractivity contribution is 9.10. The van der Waals surface area contributed by atoms with Crippen LogP contribution in [-0.4, -0.2) is 24.1 Å². The van der Waals surface area contributed by atoms with Gasteiger partial charge in [-0.25, -0.2) is 0 Å². The third-order valence-corrected chi connectivity index (χ3v) is 3.61. The van der Waals surface area contributed by atoms with Crippen molar-refractivity contribution in [3.63, 3.8) is 0 Å². The monoisotopic (exact) mass is 328 g/mol. The van der Waals surface area contributed by atoms with Gasteiger partial charge in [0.05, 0.1) is 12.6 Å². The number of aliphatic hydroxyl groups is 1. The van der Waals surface area contributed by atoms with Gasteiger partial charge in [0.15, 0.2) is 0 Å². The van der Waals surface area contributed by atoms with Gasteiger partial charge in [-0.2, -0.15) is 0 Å². The average molecular weight is 329 g/mol. The maximum absolute atomic E-state index is 11.1. The predicted octanol–water partition coefficient (Wildman–Crippen LogP) is 2.59. The second-order valence-electron chi connectivity index (χ2n) is 4.62. The molecule has 5 heteroatoms. The summed E-state index contributed by atoms with van der Waals surface area (Å²) in [6.45, 7) is 4.83. The van der Waals surface area contributed by atoms with E-state index in [0.29, 0.717) is 0 Å². The molecule has 106 valence electrons. The summed E-state index contributed by atoms with van der Waals surface area (Å²) in [5.41, 5.74) is 7.05. The molecule has 19 heavy (non-hydrogen) atoms. The summed E-state index contributed by atoms with van der Waals surface area (Å²) in [6, 6.07) is 5.69. The van der Waals surface area contributed by atoms with Gasteiger partial charge in [0.25, 0.3) is 0 Å². The van der Waals surface area contributed by atoms with Crippen LogP contribution >= 0.6 is 15.9 Å². The van der Waals surface area contributed by atoms with E-state index in [2.05, 4.69) is 22.9 Å². The molecule has 0 radical (unpaired) electrons. The van der Waals surface area contributed by atoms with E-state index in [9.17, 15) is 9.90 Å². The molecular weight excluding hydrogens is 308 g/mol. The van der Waals surface area contributed by atoms with Crippen LogP contribution in [0.2, 0.25) is 0 Å². The highest BCUT2D eigenvalue weighted by Crippen LogP contribution is 2.28. The summed E-state index contributed by atoms with van der Waals surface area (Å²) < 4.78 is 0.839. The van der Waals surface area contributed by atoms with E-state index in [0.717, 1.165) is 35.1 Å². The maximum Gasteiger partial charge on any atom is 0.236 e. The fourth-order valence-electron chi connectivity index (χ4n) is 1.89. The second-order valence-corrected chi connectivity index (χ2v) is 5.48. The fourth-order valence-corrected chi connectivity index (χ4v) is 2.59. The molecule has 0 aliphatic rings. The summed E-state index contributed by atoms with van der Waals surface area (Å²) in [6.07, 6.45) is 1.54. The molecule has 0 fully saturated rings. The lowest BCUT2D eigenvalue weighted by atomic mass is 10.1. The number of aliphatic hydroxyl groups excluding tert-OH is 1. The Balaban J connectivity index is 2.95. The molecule has 0 saturated heterocycles. The number of anilines is 1. The first-order valence-electron chi connectivity index (χ1n) is 6.46. The summed E-state index contributed by atoms with van der Waals surface area (Å²) >= 11 is 3.45. The smallest absolute Gasteiger partial charge is 0.236 e. The normalized spacial score (nSPS) is 12.2. The van der Waals surface area contributed by atoms with Crippen LogP contribution < -0.4 is 10.6 Å². The molecule has 0 aliphatic heterocycles. The molecule has 1 amide bonds. The van der Waals surface area contributed by atoms with Crippen LogP contribution in [0.1, 0.15) is 38.4 Å². The number of rotatable bonds is 7. The molecule has 1 aromatic rings. The van der Waals surface area contributed by atoms with Crippen molar-refractivity contribution in [2.45, 2.75) is 32.8 Å². The van der Waals surface area contributed by atoms with Crippen molar-refractivity contribution in [2.75, 3.05) is 18.0 Å². The quantitative estimate of drug-likeness (QED) is 0.808. The molecule has 0 saturated carbocycles. The standard InChI is InChI=1S/C14H21BrN2O2/c1-3-4-7-17(9-14(16)19)11-5-6-12(10(2)18)13(15)8-11/h5-6,8,10,18H,3-4,7,9H2,1-2H3,(H2,16,19)/t10-/m0/s1. The van der Waals surface area contributed by atoms with Gasteiger partial charge < -0.3 is 15.7 Å². The molecule has 0 aliphatic carbocycles. The summed E-state index contributed by atoms with van der Waals surface area (Å²) in [5, 5.41) is 9.60. The molecule has 0 aromatic heterocycles. The van der Waals surface area contributed by atoms with E-state index in [1.54, 1.807) is 6.92 Å². The van der Waals surface area contributed by atoms with Gasteiger partial charge in [-0.3, -0.25) is 4.79 Å². The summed E-state index contributed by atoms with van der Waals surface area (Å²) in [5.74, 6) is -0.341. The number of amides is 1. The minimum absolute atomic E-state index is 0.209. The topological polar surface area (TPSA) is 66.6 Å². The zero-order chi connectivity index (χ0) is 14.4. The Morgan fingerprint density at radius 2 is 2.21 bits per heavy atom. The van der Waals surface area contributed by atoms with Crippen molar-refractivity contribution < 1.29 is 9.90 Å². The number of carbonyl (C=O) groups excluding carboxylic acids is 1. The number of benzene rings is 1. The van der Waals surface area contributed by atoms with Gasteiger partial charge in [-0.15, -0.1) is 0 Å². The number of nitrogens with zero attached hydrogens (tertiary/aromatic N) is 1. The predicted molar refractivity (Wildman–Crippen MR) is 81.1 cm³/mol. The number of halogens is 1. The summed E-state index contributed by atoms with van der Waals surface area (Å²) in [7, 11) is 0. The van der Waals surface area contributed by atoms with Gasteiger partial charge in [0.1, 0.15) is 0 Å². The Hall–Kier alpha value is -1.07. The molecule has 1 atom stereocenters. The van der Waals surface area contributed by atoms with E-state index in [1.807, 2.05) is 23.1 Å². The van der Waals surface area contributed by atoms with Crippen molar-refractivity contribution in [1.29, 1.82) is 0 Å². The molecule has 1 rings (SSSR count). The zero-order valence-electron chi connectivity index (χ0n) is 11.4. The summed E-state index contributed by atoms with van der Waals surface area (Å²) in [4.78, 5) is 13.1. The Labute approximate surface area is 122 Å². The lowest BCUT2D eigenvalue weighted by Crippen LogP contribution is -2.34. The van der Waals surface area contributed by atoms with Crippen LogP contribution in [0, 0.1) is 0 Å². The third kappa shape index (κ3) is 4.84. The first kappa shape index (κ1) is 16.0. The average Bonchev–Trinajstić information content (AvgIpc) is 2.33. The Morgan fingerprint density at radius 3 is 2.68 bits per heavy atom. The lowest BCUT2D eigenvalue weighted by Gasteiger charge is -2.24. The molecule has 1 aromatic carbocycles. The van der Waals surface area contributed by atoms with Crippen LogP contribution in [0.25, 0.3) is 0 Å². The molecule has 0 heterocycles. The minimum Gasteiger partial charge on any atom is -0.389 e. The van der Waals surface area contributed by atoms with Gasteiger partial charge in [-0.1, -0.05) is 35.3 Å². The number of carbonyl (C=O) groups is 1. The molecule has 0 unspecified atom stereocenters. The molecular formula is C14H21BrN2O2. The minimum atomic E-state index is -0.524. The largest absolute Gasteiger partial charge is 0.389 e. The van der Waals surface area contributed by atoms with Gasteiger partial charge in [0, 0.05) is 16.7 Å². The molecule has 3 N–H and O–H groups in total. The molecule has 4 nitrogen and oxygen atoms in total. The van der Waals surface area contributed by atoms with Crippen LogP contribution in [0.3, 0.4) is 0 Å². The first-order chi connectivity index (χ1) is 8.95. The van der Waals surface area contributed by atoms with Crippen molar-refractivity contribution in [2.24, 2.45) is 5.73 Å². The maximum atomic E-state index is 11.1. The number of hydrogen-bond acceptors (Lipinski definition) is 3. The Morgan fingerprint density at radius 1 is 1.53 bits per heavy atom. The van der Waals surface area contributed by atoms with E-state index in [-0.39, 0.29) is 12.5 Å². The molecule has 0 spiro atoms. The highest BCUT2D eigenvalue weighted by Gasteiger charge is 2.12. The second kappa shape index (κ2) is 7.50. The third-order valence-electron chi connectivity index (χ3n) is 2.93. The van der Waals surface area contributed by atoms with Crippen molar-refractivity contribution >= 4 is 27.5 Å². The lowest BCUT2D eigenvalue weighted by molar-refractivity contribution is -0.116. The molecule has 0 bridgehead atoms. The van der Waals surface area contributed by atoms with Gasteiger partial charge >= 0.3 is 0 Å². The number of hydrogen-bond donors (Lipinski definition) is 2. The Bertz CT molecular complexity index is 435. The number of unbranched alkanes of at least 4 members (excludes halogenated alkanes) is 1. The highest BCUT2D eigenvalue weighted by atomic mass is 79.9. The van der Waals surface area contributed by atoms with Gasteiger partial charge in [0.2, 0.25) is 5.91 Å². The van der Waals surface area contributed by atoms with Crippen LogP contribution in [0.15, 0.2) is 22.7 Å². The van der Waals surface area contributed by atoms with E-state index >= 15 is 0 Å². The fraction of sp³-hybridized carbons (Fsp3) is 0.500. The van der Waals surface area contributed by atoms with Crippen LogP contribution in [-0.2, 0) is 4.79 Å². The van der Waals surface area contributed by atoms with Gasteiger partial charge in [-0.05, 0) is 31.0 Å². The number of primary amides is 1. The van der Waals surface area contributed by atoms with Crippen molar-refractivity contribution in [1.82, 2.24) is 0 Å². The zero-order valence-corrected chi connectivity index (χ0v) is 13.0. The van der Waals surface area contributed by atoms with E-state index in [4.69, 9.17) is 5.73 Å². The first-order valence-corrected chi connectivity index (χ1v) is 7.25. The van der Waals surface area contributed by atoms with Crippen LogP contribution in [0.5, 0.6) is 0 Å². The van der Waals surface area contributed by atoms with Crippen molar-refractivity contribution in [3.8, 4) is 0 Å². The van der Waals surface area contributed by atoms with Crippen LogP contribution in [0.4, 0.5) is 5.69 Å². The SMILES string of the molecule is CCCCN(CC(N)=O)c1ccc([C@H](C)O)c(Br)c1. The number of nitrogens with two attached hydrogens (primary N) is 1.